The van der Waals surface area contributed by atoms with Crippen LogP contribution in [0.2, 0.25) is 0 Å². The molecular formula is C12H7BF6N2O2. The van der Waals surface area contributed by atoms with Crippen molar-refractivity contribution < 1.29 is 35.7 Å². The van der Waals surface area contributed by atoms with Crippen molar-refractivity contribution in [1.29, 1.82) is 0 Å². The number of pyridine rings is 2. The van der Waals surface area contributed by atoms with E-state index < -0.39 is 31.2 Å². The first-order valence-corrected chi connectivity index (χ1v) is 5.96. The molecular weight excluding hydrogens is 329 g/mol. The van der Waals surface area contributed by atoms with E-state index in [9.17, 15) is 26.3 Å². The highest BCUT2D eigenvalue weighted by atomic mass is 19.4. The Balaban J connectivity index is 1.98. The van der Waals surface area contributed by atoms with Gasteiger partial charge in [0.1, 0.15) is 11.5 Å². The van der Waals surface area contributed by atoms with Crippen LogP contribution in [0.25, 0.3) is 0 Å². The lowest BCUT2D eigenvalue weighted by molar-refractivity contribution is -0.138. The van der Waals surface area contributed by atoms with Gasteiger partial charge in [-0.3, -0.25) is 9.97 Å². The van der Waals surface area contributed by atoms with Crippen LogP contribution in [0.4, 0.5) is 26.3 Å². The number of nitrogens with zero attached hydrogens (tertiary/aromatic N) is 2. The first kappa shape index (κ1) is 16.9. The second-order valence-corrected chi connectivity index (χ2v) is 4.22. The minimum atomic E-state index is -4.59. The summed E-state index contributed by atoms with van der Waals surface area (Å²) >= 11 is 0. The summed E-state index contributed by atoms with van der Waals surface area (Å²) in [5.74, 6) is -0.473. The van der Waals surface area contributed by atoms with E-state index in [0.29, 0.717) is 24.5 Å². The third-order valence-electron chi connectivity index (χ3n) is 2.53. The molecule has 0 aromatic carbocycles. The SMILES string of the molecule is FC(F)(F)c1cncc(OBOc2cncc(C(F)(F)F)c2)c1. The van der Waals surface area contributed by atoms with E-state index in [1.165, 1.54) is 0 Å². The van der Waals surface area contributed by atoms with Crippen LogP contribution in [0.3, 0.4) is 0 Å². The van der Waals surface area contributed by atoms with E-state index in [1.54, 1.807) is 0 Å². The lowest BCUT2D eigenvalue weighted by Crippen LogP contribution is -2.13. The summed E-state index contributed by atoms with van der Waals surface area (Å²) in [6, 6.07) is 1.39. The Kier molecular flexibility index (Phi) is 4.67. The van der Waals surface area contributed by atoms with Crippen LogP contribution in [-0.2, 0) is 12.4 Å². The molecule has 2 aromatic heterocycles. The molecule has 0 amide bonds. The van der Waals surface area contributed by atoms with Crippen LogP contribution in [0.5, 0.6) is 11.5 Å². The number of alkyl halides is 6. The van der Waals surface area contributed by atoms with Gasteiger partial charge in [0.25, 0.3) is 0 Å². The summed E-state index contributed by atoms with van der Waals surface area (Å²) in [5, 5.41) is 0. The third-order valence-corrected chi connectivity index (χ3v) is 2.53. The Morgan fingerprint density at radius 1 is 0.696 bits per heavy atom. The highest BCUT2D eigenvalue weighted by molar-refractivity contribution is 6.20. The van der Waals surface area contributed by atoms with Crippen LogP contribution in [0, 0.1) is 0 Å². The minimum Gasteiger partial charge on any atom is -0.527 e. The first-order valence-electron chi connectivity index (χ1n) is 5.96. The molecule has 0 aliphatic rings. The van der Waals surface area contributed by atoms with Crippen LogP contribution in [-0.4, -0.2) is 17.7 Å². The minimum absolute atomic E-state index is 0.236. The van der Waals surface area contributed by atoms with Crippen molar-refractivity contribution in [2.24, 2.45) is 0 Å². The van der Waals surface area contributed by atoms with Crippen LogP contribution in [0.15, 0.2) is 36.9 Å². The zero-order chi connectivity index (χ0) is 17.1. The van der Waals surface area contributed by atoms with E-state index in [-0.39, 0.29) is 11.5 Å². The smallest absolute Gasteiger partial charge is 0.527 e. The number of rotatable bonds is 4. The standard InChI is InChI=1S/C12H7BF6N2O2/c14-11(15,16)7-1-9(5-20-3-7)22-13-23-10-2-8(4-21-6-10)12(17,18)19/h1-6,13H. The summed E-state index contributed by atoms with van der Waals surface area (Å²) in [6.45, 7) is 0. The second-order valence-electron chi connectivity index (χ2n) is 4.22. The van der Waals surface area contributed by atoms with Gasteiger partial charge in [-0.1, -0.05) is 0 Å². The normalized spacial score (nSPS) is 11.9. The predicted molar refractivity (Wildman–Crippen MR) is 66.9 cm³/mol. The van der Waals surface area contributed by atoms with Gasteiger partial charge < -0.3 is 9.31 Å². The molecule has 0 saturated heterocycles. The van der Waals surface area contributed by atoms with Crippen LogP contribution >= 0.6 is 0 Å². The van der Waals surface area contributed by atoms with Crippen molar-refractivity contribution in [3.63, 3.8) is 0 Å². The van der Waals surface area contributed by atoms with Gasteiger partial charge in [0.2, 0.25) is 0 Å². The topological polar surface area (TPSA) is 44.2 Å². The molecule has 2 rings (SSSR count). The average Bonchev–Trinajstić information content (AvgIpc) is 2.46. The number of hydrogen-bond donors (Lipinski definition) is 0. The maximum absolute atomic E-state index is 12.5. The van der Waals surface area contributed by atoms with Crippen molar-refractivity contribution >= 4 is 7.69 Å². The lowest BCUT2D eigenvalue weighted by atomic mass is 10.2. The molecule has 122 valence electrons. The predicted octanol–water partition coefficient (Wildman–Crippen LogP) is 3.24. The van der Waals surface area contributed by atoms with Crippen molar-refractivity contribution in [2.75, 3.05) is 0 Å². The molecule has 2 aromatic rings. The van der Waals surface area contributed by atoms with E-state index in [1.807, 2.05) is 0 Å². The summed E-state index contributed by atoms with van der Waals surface area (Å²) in [7, 11) is -0.605. The summed E-state index contributed by atoms with van der Waals surface area (Å²) in [5.41, 5.74) is -2.04. The average molecular weight is 336 g/mol. The van der Waals surface area contributed by atoms with Gasteiger partial charge in [0, 0.05) is 12.4 Å². The first-order chi connectivity index (χ1) is 10.7. The highest BCUT2D eigenvalue weighted by Gasteiger charge is 2.32. The fourth-order valence-electron chi connectivity index (χ4n) is 1.47. The molecule has 11 heteroatoms. The van der Waals surface area contributed by atoms with E-state index in [2.05, 4.69) is 9.97 Å². The molecule has 0 radical (unpaired) electrons. The van der Waals surface area contributed by atoms with Gasteiger partial charge in [-0.25, -0.2) is 0 Å². The van der Waals surface area contributed by atoms with E-state index in [0.717, 1.165) is 12.4 Å². The molecule has 0 aliphatic carbocycles. The van der Waals surface area contributed by atoms with Gasteiger partial charge in [-0.15, -0.1) is 0 Å². The Bertz CT molecular complexity index is 620. The fourth-order valence-corrected chi connectivity index (χ4v) is 1.47. The molecule has 0 saturated carbocycles. The van der Waals surface area contributed by atoms with Crippen molar-refractivity contribution in [3.8, 4) is 11.5 Å². The molecule has 23 heavy (non-hydrogen) atoms. The monoisotopic (exact) mass is 336 g/mol. The number of hydrogen-bond acceptors (Lipinski definition) is 4. The molecule has 0 aliphatic heterocycles. The second kappa shape index (κ2) is 6.35. The lowest BCUT2D eigenvalue weighted by Gasteiger charge is -2.11. The maximum atomic E-state index is 12.5. The van der Waals surface area contributed by atoms with Gasteiger partial charge in [0.05, 0.1) is 23.5 Å². The molecule has 0 unspecified atom stereocenters. The number of halogens is 6. The summed E-state index contributed by atoms with van der Waals surface area (Å²) in [4.78, 5) is 6.72. The van der Waals surface area contributed by atoms with Gasteiger partial charge in [-0.05, 0) is 12.1 Å². The molecule has 0 N–H and O–H groups in total. The van der Waals surface area contributed by atoms with E-state index in [4.69, 9.17) is 9.31 Å². The van der Waals surface area contributed by atoms with Gasteiger partial charge in [0.15, 0.2) is 0 Å². The molecule has 2 heterocycles. The van der Waals surface area contributed by atoms with Crippen LogP contribution < -0.4 is 9.31 Å². The highest BCUT2D eigenvalue weighted by Crippen LogP contribution is 2.31. The zero-order valence-electron chi connectivity index (χ0n) is 11.1. The third kappa shape index (κ3) is 4.76. The Hall–Kier alpha value is -2.46. The Labute approximate surface area is 126 Å². The molecule has 0 spiro atoms. The van der Waals surface area contributed by atoms with Gasteiger partial charge in [-0.2, -0.15) is 26.3 Å². The largest absolute Gasteiger partial charge is 0.576 e. The van der Waals surface area contributed by atoms with Gasteiger partial charge >= 0.3 is 20.0 Å². The van der Waals surface area contributed by atoms with Crippen molar-refractivity contribution in [1.82, 2.24) is 9.97 Å². The summed E-state index contributed by atoms with van der Waals surface area (Å²) < 4.78 is 84.6. The van der Waals surface area contributed by atoms with Crippen LogP contribution in [0.1, 0.15) is 11.1 Å². The Morgan fingerprint density at radius 2 is 1.09 bits per heavy atom. The molecule has 0 atom stereocenters. The maximum Gasteiger partial charge on any atom is 0.576 e. The fraction of sp³-hybridized carbons (Fsp3) is 0.167. The van der Waals surface area contributed by atoms with Crippen molar-refractivity contribution in [2.45, 2.75) is 12.4 Å². The quantitative estimate of drug-likeness (QED) is 0.635. The van der Waals surface area contributed by atoms with E-state index >= 15 is 0 Å². The summed E-state index contributed by atoms with van der Waals surface area (Å²) in [6.07, 6.45) is -5.91. The molecule has 4 nitrogen and oxygen atoms in total. The van der Waals surface area contributed by atoms with Crippen molar-refractivity contribution in [3.05, 3.63) is 48.0 Å². The Morgan fingerprint density at radius 3 is 1.43 bits per heavy atom. The molecule has 0 fully saturated rings. The number of aromatic nitrogens is 2. The zero-order valence-corrected chi connectivity index (χ0v) is 11.1. The molecule has 0 bridgehead atoms.